The van der Waals surface area contributed by atoms with E-state index in [1.807, 2.05) is 18.2 Å². The van der Waals surface area contributed by atoms with Crippen molar-refractivity contribution in [2.75, 3.05) is 11.9 Å². The topological polar surface area (TPSA) is 37.2 Å². The van der Waals surface area contributed by atoms with Gasteiger partial charge in [-0.05, 0) is 72.3 Å². The minimum absolute atomic E-state index is 0.441. The highest BCUT2D eigenvalue weighted by Gasteiger charge is 2.13. The standard InChI is InChI=1S/C19H21IN2O/c1-13-14(2)22(19-6-4-3-5-18(13)19)12-17(23)11-21-16-9-7-15(20)8-10-16/h3-10,17,21,23H,11-12H2,1-2H3/t17-/m0/s1. The predicted octanol–water partition coefficient (Wildman–Crippen LogP) is 4.34. The van der Waals surface area contributed by atoms with E-state index in [-0.39, 0.29) is 0 Å². The Kier molecular flexibility index (Phi) is 4.92. The molecular weight excluding hydrogens is 399 g/mol. The van der Waals surface area contributed by atoms with Gasteiger partial charge in [-0.15, -0.1) is 0 Å². The first-order chi connectivity index (χ1) is 11.1. The number of fused-ring (bicyclic) bond motifs is 1. The van der Waals surface area contributed by atoms with Crippen LogP contribution in [-0.2, 0) is 6.54 Å². The average Bonchev–Trinajstić information content (AvgIpc) is 2.80. The molecule has 0 radical (unpaired) electrons. The van der Waals surface area contributed by atoms with Crippen molar-refractivity contribution in [1.82, 2.24) is 4.57 Å². The van der Waals surface area contributed by atoms with Crippen LogP contribution in [0.15, 0.2) is 48.5 Å². The number of rotatable bonds is 5. The fourth-order valence-electron chi connectivity index (χ4n) is 2.92. The summed E-state index contributed by atoms with van der Waals surface area (Å²) in [5.41, 5.74) is 4.74. The van der Waals surface area contributed by atoms with Gasteiger partial charge in [0.05, 0.1) is 12.6 Å². The van der Waals surface area contributed by atoms with Gasteiger partial charge >= 0.3 is 0 Å². The molecule has 1 heterocycles. The molecule has 120 valence electrons. The lowest BCUT2D eigenvalue weighted by Crippen LogP contribution is -2.25. The van der Waals surface area contributed by atoms with Gasteiger partial charge in [0.15, 0.2) is 0 Å². The first kappa shape index (κ1) is 16.3. The van der Waals surface area contributed by atoms with E-state index in [1.54, 1.807) is 0 Å². The highest BCUT2D eigenvalue weighted by atomic mass is 127. The molecule has 3 aromatic rings. The van der Waals surface area contributed by atoms with E-state index in [0.29, 0.717) is 13.1 Å². The molecule has 3 nitrogen and oxygen atoms in total. The molecule has 0 fully saturated rings. The zero-order chi connectivity index (χ0) is 16.4. The Bertz CT molecular complexity index is 808. The van der Waals surface area contributed by atoms with Gasteiger partial charge in [0.1, 0.15) is 0 Å². The molecule has 0 saturated carbocycles. The van der Waals surface area contributed by atoms with Crippen LogP contribution in [0.4, 0.5) is 5.69 Å². The molecule has 1 atom stereocenters. The molecular formula is C19H21IN2O. The summed E-state index contributed by atoms with van der Waals surface area (Å²) in [6.45, 7) is 5.39. The van der Waals surface area contributed by atoms with Gasteiger partial charge in [-0.25, -0.2) is 0 Å². The molecule has 0 amide bonds. The molecule has 4 heteroatoms. The summed E-state index contributed by atoms with van der Waals surface area (Å²) in [7, 11) is 0. The van der Waals surface area contributed by atoms with Crippen LogP contribution in [-0.4, -0.2) is 22.3 Å². The number of nitrogens with zero attached hydrogens (tertiary/aromatic N) is 1. The van der Waals surface area contributed by atoms with Gasteiger partial charge in [-0.3, -0.25) is 0 Å². The second kappa shape index (κ2) is 6.93. The van der Waals surface area contributed by atoms with Crippen LogP contribution in [0.25, 0.3) is 10.9 Å². The summed E-state index contributed by atoms with van der Waals surface area (Å²) in [5, 5.41) is 15.0. The second-order valence-corrected chi connectivity index (χ2v) is 7.13. The number of benzene rings is 2. The molecule has 2 N–H and O–H groups in total. The van der Waals surface area contributed by atoms with Crippen LogP contribution in [0.5, 0.6) is 0 Å². The van der Waals surface area contributed by atoms with E-state index >= 15 is 0 Å². The van der Waals surface area contributed by atoms with Gasteiger partial charge in [-0.2, -0.15) is 0 Å². The number of para-hydroxylation sites is 1. The highest BCUT2D eigenvalue weighted by Crippen LogP contribution is 2.25. The Hall–Kier alpha value is -1.53. The molecule has 23 heavy (non-hydrogen) atoms. The van der Waals surface area contributed by atoms with Gasteiger partial charge < -0.3 is 15.0 Å². The lowest BCUT2D eigenvalue weighted by Gasteiger charge is -2.16. The Balaban J connectivity index is 1.72. The number of aryl methyl sites for hydroxylation is 1. The van der Waals surface area contributed by atoms with Crippen molar-refractivity contribution in [2.45, 2.75) is 26.5 Å². The summed E-state index contributed by atoms with van der Waals surface area (Å²) in [5.74, 6) is 0. The van der Waals surface area contributed by atoms with Crippen LogP contribution < -0.4 is 5.32 Å². The predicted molar refractivity (Wildman–Crippen MR) is 105 cm³/mol. The molecule has 3 rings (SSSR count). The van der Waals surface area contributed by atoms with Crippen LogP contribution in [0.2, 0.25) is 0 Å². The zero-order valence-electron chi connectivity index (χ0n) is 13.4. The number of hydrogen-bond donors (Lipinski definition) is 2. The van der Waals surface area contributed by atoms with Crippen molar-refractivity contribution >= 4 is 39.2 Å². The van der Waals surface area contributed by atoms with E-state index in [1.165, 1.54) is 25.7 Å². The fourth-order valence-corrected chi connectivity index (χ4v) is 3.28. The first-order valence-electron chi connectivity index (χ1n) is 7.78. The van der Waals surface area contributed by atoms with Crippen LogP contribution >= 0.6 is 22.6 Å². The Labute approximate surface area is 150 Å². The van der Waals surface area contributed by atoms with E-state index in [2.05, 4.69) is 76.7 Å². The third-order valence-electron chi connectivity index (χ3n) is 4.33. The number of aromatic nitrogens is 1. The molecule has 0 aliphatic heterocycles. The first-order valence-corrected chi connectivity index (χ1v) is 8.86. The molecule has 0 aliphatic carbocycles. The molecule has 0 saturated heterocycles. The summed E-state index contributed by atoms with van der Waals surface area (Å²) in [4.78, 5) is 0. The Morgan fingerprint density at radius 1 is 1.09 bits per heavy atom. The smallest absolute Gasteiger partial charge is 0.0891 e. The van der Waals surface area contributed by atoms with E-state index < -0.39 is 6.10 Å². The molecule has 2 aromatic carbocycles. The summed E-state index contributed by atoms with van der Waals surface area (Å²) in [6, 6.07) is 16.6. The van der Waals surface area contributed by atoms with Crippen molar-refractivity contribution in [1.29, 1.82) is 0 Å². The van der Waals surface area contributed by atoms with Crippen LogP contribution in [0.3, 0.4) is 0 Å². The number of halogens is 1. The minimum Gasteiger partial charge on any atom is -0.389 e. The van der Waals surface area contributed by atoms with E-state index in [0.717, 1.165) is 5.69 Å². The average molecular weight is 420 g/mol. The van der Waals surface area contributed by atoms with E-state index in [4.69, 9.17) is 0 Å². The molecule has 0 bridgehead atoms. The number of nitrogens with one attached hydrogen (secondary N) is 1. The summed E-state index contributed by atoms with van der Waals surface area (Å²) < 4.78 is 3.42. The van der Waals surface area contributed by atoms with E-state index in [9.17, 15) is 5.11 Å². The maximum atomic E-state index is 10.4. The molecule has 0 spiro atoms. The van der Waals surface area contributed by atoms with Crippen molar-refractivity contribution in [3.8, 4) is 0 Å². The second-order valence-electron chi connectivity index (χ2n) is 5.88. The lowest BCUT2D eigenvalue weighted by molar-refractivity contribution is 0.167. The highest BCUT2D eigenvalue weighted by molar-refractivity contribution is 14.1. The SMILES string of the molecule is Cc1c(C)n(C[C@@H](O)CNc2ccc(I)cc2)c2ccccc12. The minimum atomic E-state index is -0.441. The number of aliphatic hydroxyl groups is 1. The number of aliphatic hydroxyl groups excluding tert-OH is 1. The molecule has 0 unspecified atom stereocenters. The van der Waals surface area contributed by atoms with Gasteiger partial charge in [0.2, 0.25) is 0 Å². The third-order valence-corrected chi connectivity index (χ3v) is 5.04. The monoisotopic (exact) mass is 420 g/mol. The normalized spacial score (nSPS) is 12.5. The van der Waals surface area contributed by atoms with Gasteiger partial charge in [0, 0.05) is 32.4 Å². The number of hydrogen-bond acceptors (Lipinski definition) is 2. The lowest BCUT2D eigenvalue weighted by atomic mass is 10.2. The van der Waals surface area contributed by atoms with Crippen molar-refractivity contribution in [2.24, 2.45) is 0 Å². The summed E-state index contributed by atoms with van der Waals surface area (Å²) in [6.07, 6.45) is -0.441. The third kappa shape index (κ3) is 3.53. The van der Waals surface area contributed by atoms with Crippen molar-refractivity contribution in [3.05, 3.63) is 63.4 Å². The maximum absolute atomic E-state index is 10.4. The zero-order valence-corrected chi connectivity index (χ0v) is 15.5. The molecule has 1 aromatic heterocycles. The van der Waals surface area contributed by atoms with Crippen LogP contribution in [0.1, 0.15) is 11.3 Å². The Morgan fingerprint density at radius 3 is 2.52 bits per heavy atom. The maximum Gasteiger partial charge on any atom is 0.0891 e. The Morgan fingerprint density at radius 2 is 1.78 bits per heavy atom. The van der Waals surface area contributed by atoms with Crippen LogP contribution in [0, 0.1) is 17.4 Å². The van der Waals surface area contributed by atoms with Crippen molar-refractivity contribution in [3.63, 3.8) is 0 Å². The fraction of sp³-hybridized carbons (Fsp3) is 0.263. The number of anilines is 1. The van der Waals surface area contributed by atoms with Gasteiger partial charge in [-0.1, -0.05) is 18.2 Å². The van der Waals surface area contributed by atoms with Gasteiger partial charge in [0.25, 0.3) is 0 Å². The van der Waals surface area contributed by atoms with Crippen molar-refractivity contribution < 1.29 is 5.11 Å². The largest absolute Gasteiger partial charge is 0.389 e. The molecule has 0 aliphatic rings. The quantitative estimate of drug-likeness (QED) is 0.603. The summed E-state index contributed by atoms with van der Waals surface area (Å²) >= 11 is 2.29.